The van der Waals surface area contributed by atoms with Gasteiger partial charge in [0.1, 0.15) is 13.2 Å². The number of aryl methyl sites for hydroxylation is 1. The van der Waals surface area contributed by atoms with Gasteiger partial charge in [-0.3, -0.25) is 0 Å². The Morgan fingerprint density at radius 1 is 0.938 bits per heavy atom. The molecule has 0 saturated carbocycles. The number of piperazine rings is 1. The van der Waals surface area contributed by atoms with Crippen molar-refractivity contribution in [1.29, 1.82) is 0 Å². The lowest BCUT2D eigenvalue weighted by Gasteiger charge is -2.32. The summed E-state index contributed by atoms with van der Waals surface area (Å²) in [5.74, 6) is 1.54. The van der Waals surface area contributed by atoms with Crippen LogP contribution in [0.4, 0.5) is 5.88 Å². The Morgan fingerprint density at radius 3 is 2.41 bits per heavy atom. The average molecular weight is 456 g/mol. The number of likely N-dealkylation sites (N-methyl/N-ethyl adjacent to an activating group) is 1. The van der Waals surface area contributed by atoms with Crippen molar-refractivity contribution in [3.63, 3.8) is 0 Å². The molecule has 0 bridgehead atoms. The van der Waals surface area contributed by atoms with Crippen LogP contribution in [0.25, 0.3) is 11.5 Å². The molecule has 8 nitrogen and oxygen atoms in total. The van der Waals surface area contributed by atoms with Crippen LogP contribution in [-0.2, 0) is 9.84 Å². The first-order valence-electron chi connectivity index (χ1n) is 10.6. The van der Waals surface area contributed by atoms with Gasteiger partial charge in [0, 0.05) is 37.8 Å². The molecule has 0 aliphatic carbocycles. The predicted molar refractivity (Wildman–Crippen MR) is 119 cm³/mol. The molecule has 0 amide bonds. The third-order valence-electron chi connectivity index (χ3n) is 5.82. The molecule has 2 aliphatic rings. The smallest absolute Gasteiger partial charge is 0.236 e. The van der Waals surface area contributed by atoms with E-state index in [0.29, 0.717) is 43.7 Å². The van der Waals surface area contributed by atoms with E-state index in [-0.39, 0.29) is 15.8 Å². The molecule has 32 heavy (non-hydrogen) atoms. The first-order valence-corrected chi connectivity index (χ1v) is 12.1. The van der Waals surface area contributed by atoms with Gasteiger partial charge in [-0.2, -0.15) is 4.98 Å². The van der Waals surface area contributed by atoms with E-state index >= 15 is 0 Å². The summed E-state index contributed by atoms with van der Waals surface area (Å²) < 4.78 is 44.7. The molecule has 168 valence electrons. The van der Waals surface area contributed by atoms with Crippen molar-refractivity contribution in [3.8, 4) is 23.0 Å². The van der Waals surface area contributed by atoms with Crippen LogP contribution in [0.15, 0.2) is 56.8 Å². The Hall–Kier alpha value is -3.04. The van der Waals surface area contributed by atoms with Gasteiger partial charge in [-0.05, 0) is 37.7 Å². The van der Waals surface area contributed by atoms with E-state index in [1.807, 2.05) is 43.1 Å². The lowest BCUT2D eigenvalue weighted by Crippen LogP contribution is -2.44. The molecule has 1 aromatic heterocycles. The van der Waals surface area contributed by atoms with Crippen LogP contribution in [-0.4, -0.2) is 64.7 Å². The number of hydrogen-bond donors (Lipinski definition) is 0. The molecule has 0 radical (unpaired) electrons. The second-order valence-corrected chi connectivity index (χ2v) is 9.91. The van der Waals surface area contributed by atoms with Gasteiger partial charge in [-0.1, -0.05) is 18.2 Å². The molecule has 5 rings (SSSR count). The maximum absolute atomic E-state index is 13.7. The number of sulfone groups is 1. The highest BCUT2D eigenvalue weighted by Crippen LogP contribution is 2.38. The normalized spacial score (nSPS) is 16.9. The van der Waals surface area contributed by atoms with E-state index < -0.39 is 9.84 Å². The lowest BCUT2D eigenvalue weighted by molar-refractivity contribution is 0.171. The number of fused-ring (bicyclic) bond motifs is 1. The SMILES string of the molecule is Cc1ccccc1-c1nc(S(=O)(=O)c2ccc3c(c2)OCCO3)c(N2CCN(C)CC2)o1. The minimum absolute atomic E-state index is 0.0722. The number of aromatic nitrogens is 1. The third-order valence-corrected chi connectivity index (χ3v) is 7.47. The molecule has 0 unspecified atom stereocenters. The van der Waals surface area contributed by atoms with Crippen LogP contribution >= 0.6 is 0 Å². The Morgan fingerprint density at radius 2 is 1.66 bits per heavy atom. The molecule has 3 aromatic rings. The molecule has 9 heteroatoms. The molecule has 0 spiro atoms. The monoisotopic (exact) mass is 455 g/mol. The summed E-state index contributed by atoms with van der Waals surface area (Å²) in [7, 11) is -1.92. The fourth-order valence-electron chi connectivity index (χ4n) is 3.91. The van der Waals surface area contributed by atoms with Crippen molar-refractivity contribution in [1.82, 2.24) is 9.88 Å². The van der Waals surface area contributed by atoms with Crippen LogP contribution < -0.4 is 14.4 Å². The molecule has 1 fully saturated rings. The van der Waals surface area contributed by atoms with E-state index in [9.17, 15) is 8.42 Å². The van der Waals surface area contributed by atoms with Crippen LogP contribution in [0.5, 0.6) is 11.5 Å². The number of benzene rings is 2. The van der Waals surface area contributed by atoms with Gasteiger partial charge in [0.2, 0.25) is 26.6 Å². The fourth-order valence-corrected chi connectivity index (χ4v) is 5.25. The highest BCUT2D eigenvalue weighted by atomic mass is 32.2. The second kappa shape index (κ2) is 8.14. The first kappa shape index (κ1) is 20.8. The van der Waals surface area contributed by atoms with Crippen molar-refractivity contribution in [3.05, 3.63) is 48.0 Å². The highest BCUT2D eigenvalue weighted by molar-refractivity contribution is 7.91. The number of oxazole rings is 1. The maximum atomic E-state index is 13.7. The van der Waals surface area contributed by atoms with Crippen LogP contribution in [0, 0.1) is 6.92 Å². The summed E-state index contributed by atoms with van der Waals surface area (Å²) in [4.78, 5) is 8.77. The molecule has 3 heterocycles. The first-order chi connectivity index (χ1) is 15.4. The molecule has 0 N–H and O–H groups in total. The van der Waals surface area contributed by atoms with Crippen molar-refractivity contribution in [2.24, 2.45) is 0 Å². The van der Waals surface area contributed by atoms with Gasteiger partial charge in [0.15, 0.2) is 11.5 Å². The largest absolute Gasteiger partial charge is 0.486 e. The Kier molecular flexibility index (Phi) is 5.30. The number of hydrogen-bond acceptors (Lipinski definition) is 8. The van der Waals surface area contributed by atoms with Crippen molar-refractivity contribution < 1.29 is 22.3 Å². The van der Waals surface area contributed by atoms with Crippen molar-refractivity contribution in [2.45, 2.75) is 16.8 Å². The van der Waals surface area contributed by atoms with Gasteiger partial charge in [-0.25, -0.2) is 8.42 Å². The zero-order valence-corrected chi connectivity index (χ0v) is 18.9. The number of nitrogens with zero attached hydrogens (tertiary/aromatic N) is 3. The Bertz CT molecular complexity index is 1250. The van der Waals surface area contributed by atoms with E-state index in [2.05, 4.69) is 9.88 Å². The van der Waals surface area contributed by atoms with Gasteiger partial charge < -0.3 is 23.7 Å². The van der Waals surface area contributed by atoms with E-state index in [1.54, 1.807) is 6.07 Å². The van der Waals surface area contributed by atoms with Crippen molar-refractivity contribution in [2.75, 3.05) is 51.3 Å². The maximum Gasteiger partial charge on any atom is 0.236 e. The number of ether oxygens (including phenoxy) is 2. The quantitative estimate of drug-likeness (QED) is 0.594. The lowest BCUT2D eigenvalue weighted by atomic mass is 10.1. The summed E-state index contributed by atoms with van der Waals surface area (Å²) in [5, 5.41) is -0.0722. The number of anilines is 1. The standard InChI is InChI=1S/C23H25N3O5S/c1-16-5-3-4-6-18(16)21-24-22(23(31-21)26-11-9-25(2)10-12-26)32(27,28)17-7-8-19-20(15-17)30-14-13-29-19/h3-8,15H,9-14H2,1-2H3. The Labute approximate surface area is 187 Å². The number of rotatable bonds is 4. The summed E-state index contributed by atoms with van der Waals surface area (Å²) in [5.41, 5.74) is 1.73. The van der Waals surface area contributed by atoms with Gasteiger partial charge >= 0.3 is 0 Å². The predicted octanol–water partition coefficient (Wildman–Crippen LogP) is 3.01. The minimum atomic E-state index is -3.96. The minimum Gasteiger partial charge on any atom is -0.486 e. The molecular formula is C23H25N3O5S. The summed E-state index contributed by atoms with van der Waals surface area (Å²) in [6, 6.07) is 12.3. The van der Waals surface area contributed by atoms with Gasteiger partial charge in [0.05, 0.1) is 4.90 Å². The molecule has 1 saturated heterocycles. The zero-order valence-electron chi connectivity index (χ0n) is 18.1. The average Bonchev–Trinajstić information content (AvgIpc) is 3.25. The summed E-state index contributed by atoms with van der Waals surface area (Å²) in [6.45, 7) is 5.70. The second-order valence-electron chi connectivity index (χ2n) is 8.04. The van der Waals surface area contributed by atoms with Crippen molar-refractivity contribution >= 4 is 15.7 Å². The summed E-state index contributed by atoms with van der Waals surface area (Å²) in [6.07, 6.45) is 0. The van der Waals surface area contributed by atoms with Crippen LogP contribution in [0.2, 0.25) is 0 Å². The van der Waals surface area contributed by atoms with Gasteiger partial charge in [0.25, 0.3) is 0 Å². The van der Waals surface area contributed by atoms with Gasteiger partial charge in [-0.15, -0.1) is 0 Å². The molecular weight excluding hydrogens is 430 g/mol. The van der Waals surface area contributed by atoms with E-state index in [1.165, 1.54) is 12.1 Å². The summed E-state index contributed by atoms with van der Waals surface area (Å²) >= 11 is 0. The highest BCUT2D eigenvalue weighted by Gasteiger charge is 2.33. The molecule has 2 aliphatic heterocycles. The molecule has 2 aromatic carbocycles. The van der Waals surface area contributed by atoms with Crippen LogP contribution in [0.1, 0.15) is 5.56 Å². The fraction of sp³-hybridized carbons (Fsp3) is 0.348. The third kappa shape index (κ3) is 3.71. The topological polar surface area (TPSA) is 85.1 Å². The van der Waals surface area contributed by atoms with Crippen LogP contribution in [0.3, 0.4) is 0 Å². The van der Waals surface area contributed by atoms with E-state index in [4.69, 9.17) is 13.9 Å². The van der Waals surface area contributed by atoms with E-state index in [0.717, 1.165) is 24.2 Å². The Balaban J connectivity index is 1.62. The zero-order chi connectivity index (χ0) is 22.3. The molecule has 0 atom stereocenters.